The van der Waals surface area contributed by atoms with E-state index in [0.717, 1.165) is 28.6 Å². The lowest BCUT2D eigenvalue weighted by Crippen LogP contribution is -2.63. The molecular formula is C27H33N3O3. The van der Waals surface area contributed by atoms with Crippen molar-refractivity contribution in [1.29, 1.82) is 0 Å². The molecule has 0 saturated carbocycles. The molecule has 0 spiro atoms. The molecule has 4 rings (SSSR count). The molecule has 0 bridgehead atoms. The Hall–Kier alpha value is -3.28. The number of aromatic nitrogens is 1. The molecule has 6 heteroatoms. The monoisotopic (exact) mass is 447 g/mol. The summed E-state index contributed by atoms with van der Waals surface area (Å²) in [6, 6.07) is 17.6. The van der Waals surface area contributed by atoms with Gasteiger partial charge in [0, 0.05) is 24.0 Å². The molecule has 2 aromatic carbocycles. The summed E-state index contributed by atoms with van der Waals surface area (Å²) in [4.78, 5) is 29.0. The third-order valence-corrected chi connectivity index (χ3v) is 6.41. The molecule has 174 valence electrons. The van der Waals surface area contributed by atoms with Gasteiger partial charge < -0.3 is 19.5 Å². The summed E-state index contributed by atoms with van der Waals surface area (Å²) < 4.78 is 7.54. The molecule has 1 atom stereocenters. The zero-order valence-corrected chi connectivity index (χ0v) is 19.9. The van der Waals surface area contributed by atoms with Crippen LogP contribution in [0, 0.1) is 5.92 Å². The van der Waals surface area contributed by atoms with Crippen LogP contribution in [0.5, 0.6) is 5.75 Å². The van der Waals surface area contributed by atoms with E-state index in [1.807, 2.05) is 73.0 Å². The maximum atomic E-state index is 13.8. The van der Waals surface area contributed by atoms with Crippen LogP contribution >= 0.6 is 0 Å². The summed E-state index contributed by atoms with van der Waals surface area (Å²) in [5.41, 5.74) is 1.54. The summed E-state index contributed by atoms with van der Waals surface area (Å²) >= 11 is 0. The van der Waals surface area contributed by atoms with Gasteiger partial charge in [0.25, 0.3) is 5.91 Å². The topological polar surface area (TPSA) is 63.6 Å². The molecule has 2 amide bonds. The van der Waals surface area contributed by atoms with E-state index in [-0.39, 0.29) is 11.8 Å². The summed E-state index contributed by atoms with van der Waals surface area (Å²) in [5.74, 6) is 1.03. The van der Waals surface area contributed by atoms with Crippen molar-refractivity contribution >= 4 is 22.7 Å². The number of carbonyl (C=O) groups excluding carboxylic acids is 2. The molecule has 1 aromatic heterocycles. The Balaban J connectivity index is 1.70. The van der Waals surface area contributed by atoms with Gasteiger partial charge in [0.2, 0.25) is 5.91 Å². The van der Waals surface area contributed by atoms with Crippen LogP contribution in [-0.2, 0) is 17.9 Å². The molecule has 0 saturated heterocycles. The summed E-state index contributed by atoms with van der Waals surface area (Å²) in [6.07, 6.45) is 0.895. The van der Waals surface area contributed by atoms with Crippen LogP contribution in [-0.4, -0.2) is 40.0 Å². The lowest BCUT2D eigenvalue weighted by Gasteiger charge is -2.44. The standard InChI is InChI=1S/C27H33N3O3/c1-5-33-22-12-10-20(11-13-22)17-30-25(31)24-16-21-8-6-7-9-23(21)29(24)18-27(30,4)26(32)28-15-14-19(2)3/h6-13,16,19H,5,14-15,17-18H2,1-4H3,(H,28,32). The van der Waals surface area contributed by atoms with E-state index in [2.05, 4.69) is 19.2 Å². The first-order valence-corrected chi connectivity index (χ1v) is 11.7. The van der Waals surface area contributed by atoms with Crippen LogP contribution in [0.2, 0.25) is 0 Å². The molecule has 0 radical (unpaired) electrons. The number of hydrogen-bond donors (Lipinski definition) is 1. The minimum absolute atomic E-state index is 0.120. The second-order valence-electron chi connectivity index (χ2n) is 9.36. The first kappa shape index (κ1) is 22.9. The molecule has 1 unspecified atom stereocenters. The van der Waals surface area contributed by atoms with Crippen LogP contribution in [0.1, 0.15) is 50.2 Å². The molecule has 33 heavy (non-hydrogen) atoms. The maximum absolute atomic E-state index is 13.8. The van der Waals surface area contributed by atoms with Crippen molar-refractivity contribution in [2.75, 3.05) is 13.2 Å². The highest BCUT2D eigenvalue weighted by molar-refractivity contribution is 6.03. The maximum Gasteiger partial charge on any atom is 0.271 e. The Kier molecular flexibility index (Phi) is 6.45. The SMILES string of the molecule is CCOc1ccc(CN2C(=O)c3cc4ccccc4n3CC2(C)C(=O)NCCC(C)C)cc1. The van der Waals surface area contributed by atoms with Gasteiger partial charge in [-0.15, -0.1) is 0 Å². The first-order valence-electron chi connectivity index (χ1n) is 11.7. The first-order chi connectivity index (χ1) is 15.8. The second kappa shape index (κ2) is 9.30. The van der Waals surface area contributed by atoms with E-state index in [9.17, 15) is 9.59 Å². The van der Waals surface area contributed by atoms with Gasteiger partial charge in [-0.25, -0.2) is 0 Å². The summed E-state index contributed by atoms with van der Waals surface area (Å²) in [7, 11) is 0. The fraction of sp³-hybridized carbons (Fsp3) is 0.407. The highest BCUT2D eigenvalue weighted by Gasteiger charge is 2.47. The van der Waals surface area contributed by atoms with Crippen molar-refractivity contribution in [2.45, 2.75) is 52.7 Å². The molecule has 1 N–H and O–H groups in total. The lowest BCUT2D eigenvalue weighted by atomic mass is 9.93. The van der Waals surface area contributed by atoms with Gasteiger partial charge in [0.05, 0.1) is 13.2 Å². The summed E-state index contributed by atoms with van der Waals surface area (Å²) in [6.45, 7) is 10.0. The fourth-order valence-electron chi connectivity index (χ4n) is 4.46. The molecular weight excluding hydrogens is 414 g/mol. The van der Waals surface area contributed by atoms with Crippen molar-refractivity contribution in [3.63, 3.8) is 0 Å². The molecule has 6 nitrogen and oxygen atoms in total. The number of nitrogens with one attached hydrogen (secondary N) is 1. The second-order valence-corrected chi connectivity index (χ2v) is 9.36. The fourth-order valence-corrected chi connectivity index (χ4v) is 4.46. The zero-order valence-electron chi connectivity index (χ0n) is 19.9. The van der Waals surface area contributed by atoms with Gasteiger partial charge >= 0.3 is 0 Å². The number of ether oxygens (including phenoxy) is 1. The Morgan fingerprint density at radius 3 is 2.58 bits per heavy atom. The molecule has 1 aliphatic rings. The number of nitrogens with zero attached hydrogens (tertiary/aromatic N) is 2. The lowest BCUT2D eigenvalue weighted by molar-refractivity contribution is -0.133. The van der Waals surface area contributed by atoms with Crippen LogP contribution in [0.15, 0.2) is 54.6 Å². The van der Waals surface area contributed by atoms with Gasteiger partial charge in [-0.3, -0.25) is 9.59 Å². The van der Waals surface area contributed by atoms with Crippen LogP contribution in [0.3, 0.4) is 0 Å². The van der Waals surface area contributed by atoms with Crippen molar-refractivity contribution in [1.82, 2.24) is 14.8 Å². The molecule has 1 aliphatic heterocycles. The van der Waals surface area contributed by atoms with E-state index in [1.165, 1.54) is 0 Å². The number of para-hydroxylation sites is 1. The molecule has 0 aliphatic carbocycles. The molecule has 0 fully saturated rings. The predicted molar refractivity (Wildman–Crippen MR) is 130 cm³/mol. The average Bonchev–Trinajstić information content (AvgIpc) is 3.16. The van der Waals surface area contributed by atoms with E-state index in [4.69, 9.17) is 4.74 Å². The Morgan fingerprint density at radius 1 is 1.15 bits per heavy atom. The Morgan fingerprint density at radius 2 is 1.88 bits per heavy atom. The van der Waals surface area contributed by atoms with Gasteiger partial charge in [-0.2, -0.15) is 0 Å². The van der Waals surface area contributed by atoms with Gasteiger partial charge in [0.15, 0.2) is 0 Å². The van der Waals surface area contributed by atoms with Crippen molar-refractivity contribution in [3.05, 3.63) is 65.9 Å². The number of amides is 2. The molecule has 2 heterocycles. The number of carbonyl (C=O) groups is 2. The zero-order chi connectivity index (χ0) is 23.6. The Labute approximate surface area is 195 Å². The van der Waals surface area contributed by atoms with Crippen molar-refractivity contribution in [2.24, 2.45) is 5.92 Å². The number of benzene rings is 2. The number of fused-ring (bicyclic) bond motifs is 3. The minimum atomic E-state index is -1.01. The third-order valence-electron chi connectivity index (χ3n) is 6.41. The third kappa shape index (κ3) is 4.47. The van der Waals surface area contributed by atoms with E-state index < -0.39 is 5.54 Å². The van der Waals surface area contributed by atoms with Crippen LogP contribution in [0.25, 0.3) is 10.9 Å². The van der Waals surface area contributed by atoms with Crippen molar-refractivity contribution in [3.8, 4) is 5.75 Å². The van der Waals surface area contributed by atoms with E-state index in [0.29, 0.717) is 37.9 Å². The quantitative estimate of drug-likeness (QED) is 0.548. The Bertz CT molecular complexity index is 1150. The molecule has 3 aromatic rings. The largest absolute Gasteiger partial charge is 0.494 e. The van der Waals surface area contributed by atoms with Crippen molar-refractivity contribution < 1.29 is 14.3 Å². The highest BCUT2D eigenvalue weighted by Crippen LogP contribution is 2.33. The minimum Gasteiger partial charge on any atom is -0.494 e. The smallest absolute Gasteiger partial charge is 0.271 e. The van der Waals surface area contributed by atoms with Crippen LogP contribution in [0.4, 0.5) is 0 Å². The normalized spacial score (nSPS) is 18.0. The van der Waals surface area contributed by atoms with Gasteiger partial charge in [0.1, 0.15) is 17.0 Å². The number of hydrogen-bond acceptors (Lipinski definition) is 3. The average molecular weight is 448 g/mol. The van der Waals surface area contributed by atoms with E-state index in [1.54, 1.807) is 4.90 Å². The summed E-state index contributed by atoms with van der Waals surface area (Å²) in [5, 5.41) is 4.10. The van der Waals surface area contributed by atoms with E-state index >= 15 is 0 Å². The van der Waals surface area contributed by atoms with Crippen LogP contribution < -0.4 is 10.1 Å². The highest BCUT2D eigenvalue weighted by atomic mass is 16.5. The van der Waals surface area contributed by atoms with Gasteiger partial charge in [-0.05, 0) is 56.0 Å². The number of rotatable bonds is 8. The predicted octanol–water partition coefficient (Wildman–Crippen LogP) is 4.62. The van der Waals surface area contributed by atoms with Gasteiger partial charge in [-0.1, -0.05) is 44.2 Å².